The molecule has 1 aliphatic heterocycles. The molecule has 122 valence electrons. The molecule has 0 unspecified atom stereocenters. The average Bonchev–Trinajstić information content (AvgIpc) is 3.04. The zero-order valence-electron chi connectivity index (χ0n) is 12.8. The molecule has 0 saturated carbocycles. The Hall–Kier alpha value is -2.15. The van der Waals surface area contributed by atoms with Crippen LogP contribution in [0.15, 0.2) is 41.4 Å². The van der Waals surface area contributed by atoms with E-state index in [4.69, 9.17) is 0 Å². The Labute approximate surface area is 135 Å². The van der Waals surface area contributed by atoms with Gasteiger partial charge in [-0.3, -0.25) is 4.72 Å². The minimum absolute atomic E-state index is 0.0156. The highest BCUT2D eigenvalue weighted by Gasteiger charge is 2.17. The predicted octanol–water partition coefficient (Wildman–Crippen LogP) is 2.93. The third-order valence-corrected chi connectivity index (χ3v) is 5.25. The first kappa shape index (κ1) is 15.7. The lowest BCUT2D eigenvalue weighted by molar-refractivity contribution is 0.598. The number of sulfonamides is 1. The number of aryl methyl sites for hydroxylation is 1. The summed E-state index contributed by atoms with van der Waals surface area (Å²) in [6.07, 6.45) is 4.00. The second-order valence-corrected chi connectivity index (χ2v) is 7.29. The second-order valence-electron chi connectivity index (χ2n) is 5.61. The minimum Gasteiger partial charge on any atom is -0.370 e. The van der Waals surface area contributed by atoms with Gasteiger partial charge < -0.3 is 4.90 Å². The number of halogens is 1. The molecule has 1 N–H and O–H groups in total. The molecule has 1 saturated heterocycles. The molecule has 1 aromatic carbocycles. The molecule has 5 nitrogen and oxygen atoms in total. The molecular formula is C16H18FN3O2S. The van der Waals surface area contributed by atoms with E-state index in [1.54, 1.807) is 12.3 Å². The standard InChI is InChI=1S/C16H18FN3O2S/c1-12-10-14(5-6-15(12)17)23(21,22)19-16-7-4-13(11-18-16)20-8-2-3-9-20/h4-7,10-11H,2-3,8-9H2,1H3,(H,18,19). The number of aromatic nitrogens is 1. The minimum atomic E-state index is -3.78. The molecule has 2 heterocycles. The molecule has 0 bridgehead atoms. The van der Waals surface area contributed by atoms with Crippen LogP contribution < -0.4 is 9.62 Å². The number of hydrogen-bond acceptors (Lipinski definition) is 4. The fraction of sp³-hybridized carbons (Fsp3) is 0.312. The SMILES string of the molecule is Cc1cc(S(=O)(=O)Nc2ccc(N3CCCC3)cn2)ccc1F. The second kappa shape index (κ2) is 6.16. The van der Waals surface area contributed by atoms with Gasteiger partial charge in [-0.15, -0.1) is 0 Å². The van der Waals surface area contributed by atoms with Gasteiger partial charge in [0, 0.05) is 13.1 Å². The van der Waals surface area contributed by atoms with Crippen molar-refractivity contribution in [2.75, 3.05) is 22.7 Å². The highest BCUT2D eigenvalue weighted by atomic mass is 32.2. The highest BCUT2D eigenvalue weighted by Crippen LogP contribution is 2.22. The maximum absolute atomic E-state index is 13.3. The summed E-state index contributed by atoms with van der Waals surface area (Å²) >= 11 is 0. The van der Waals surface area contributed by atoms with Gasteiger partial charge in [-0.2, -0.15) is 0 Å². The molecular weight excluding hydrogens is 317 g/mol. The van der Waals surface area contributed by atoms with E-state index in [9.17, 15) is 12.8 Å². The van der Waals surface area contributed by atoms with E-state index in [0.717, 1.165) is 37.7 Å². The summed E-state index contributed by atoms with van der Waals surface area (Å²) < 4.78 is 40.3. The number of benzene rings is 1. The van der Waals surface area contributed by atoms with E-state index in [2.05, 4.69) is 14.6 Å². The maximum atomic E-state index is 13.3. The summed E-state index contributed by atoms with van der Waals surface area (Å²) in [5.74, 6) is -0.188. The lowest BCUT2D eigenvalue weighted by atomic mass is 10.2. The summed E-state index contributed by atoms with van der Waals surface area (Å²) in [5.41, 5.74) is 1.27. The molecule has 0 amide bonds. The van der Waals surface area contributed by atoms with Gasteiger partial charge in [-0.25, -0.2) is 17.8 Å². The third-order valence-electron chi connectivity index (χ3n) is 3.90. The molecule has 0 spiro atoms. The van der Waals surface area contributed by atoms with Crippen LogP contribution in [0.5, 0.6) is 0 Å². The van der Waals surface area contributed by atoms with E-state index in [0.29, 0.717) is 0 Å². The topological polar surface area (TPSA) is 62.3 Å². The summed E-state index contributed by atoms with van der Waals surface area (Å²) in [6.45, 7) is 3.53. The van der Waals surface area contributed by atoms with Gasteiger partial charge in [0.1, 0.15) is 11.6 Å². The predicted molar refractivity (Wildman–Crippen MR) is 87.6 cm³/mol. The van der Waals surface area contributed by atoms with Gasteiger partial charge >= 0.3 is 0 Å². The molecule has 0 radical (unpaired) electrons. The van der Waals surface area contributed by atoms with Crippen LogP contribution >= 0.6 is 0 Å². The first-order chi connectivity index (χ1) is 11.0. The number of anilines is 2. The first-order valence-electron chi connectivity index (χ1n) is 7.46. The van der Waals surface area contributed by atoms with Crippen LogP contribution in [0.25, 0.3) is 0 Å². The fourth-order valence-corrected chi connectivity index (χ4v) is 3.68. The van der Waals surface area contributed by atoms with Gasteiger partial charge in [0.2, 0.25) is 0 Å². The molecule has 1 aromatic heterocycles. The van der Waals surface area contributed by atoms with Crippen LogP contribution in [0, 0.1) is 12.7 Å². The van der Waals surface area contributed by atoms with Gasteiger partial charge in [0.25, 0.3) is 10.0 Å². The van der Waals surface area contributed by atoms with Crippen LogP contribution in [0.1, 0.15) is 18.4 Å². The number of rotatable bonds is 4. The van der Waals surface area contributed by atoms with E-state index in [-0.39, 0.29) is 16.3 Å². The molecule has 0 aliphatic carbocycles. The Balaban J connectivity index is 1.78. The Morgan fingerprint density at radius 3 is 2.52 bits per heavy atom. The first-order valence-corrected chi connectivity index (χ1v) is 8.94. The van der Waals surface area contributed by atoms with Gasteiger partial charge in [-0.05, 0) is 55.7 Å². The fourth-order valence-electron chi connectivity index (χ4n) is 2.59. The monoisotopic (exact) mass is 335 g/mol. The van der Waals surface area contributed by atoms with Gasteiger partial charge in [0.05, 0.1) is 16.8 Å². The van der Waals surface area contributed by atoms with Gasteiger partial charge in [-0.1, -0.05) is 0 Å². The molecule has 7 heteroatoms. The Kier molecular flexibility index (Phi) is 4.21. The third kappa shape index (κ3) is 3.44. The van der Waals surface area contributed by atoms with Crippen molar-refractivity contribution in [2.24, 2.45) is 0 Å². The molecule has 0 atom stereocenters. The van der Waals surface area contributed by atoms with E-state index >= 15 is 0 Å². The number of nitrogens with zero attached hydrogens (tertiary/aromatic N) is 2. The summed E-state index contributed by atoms with van der Waals surface area (Å²) in [7, 11) is -3.78. The van der Waals surface area contributed by atoms with E-state index in [1.165, 1.54) is 19.1 Å². The largest absolute Gasteiger partial charge is 0.370 e. The Morgan fingerprint density at radius 1 is 1.17 bits per heavy atom. The van der Waals surface area contributed by atoms with E-state index < -0.39 is 15.8 Å². The smallest absolute Gasteiger partial charge is 0.263 e. The van der Waals surface area contributed by atoms with Crippen LogP contribution in [0.4, 0.5) is 15.9 Å². The molecule has 3 rings (SSSR count). The summed E-state index contributed by atoms with van der Waals surface area (Å²) in [5, 5.41) is 0. The highest BCUT2D eigenvalue weighted by molar-refractivity contribution is 7.92. The van der Waals surface area contributed by atoms with Crippen molar-refractivity contribution >= 4 is 21.5 Å². The van der Waals surface area contributed by atoms with Crippen LogP contribution in [0.2, 0.25) is 0 Å². The lowest BCUT2D eigenvalue weighted by Gasteiger charge is -2.17. The number of pyridine rings is 1. The van der Waals surface area contributed by atoms with Crippen molar-refractivity contribution in [2.45, 2.75) is 24.7 Å². The van der Waals surface area contributed by atoms with Crippen molar-refractivity contribution in [3.8, 4) is 0 Å². The van der Waals surface area contributed by atoms with Crippen molar-refractivity contribution < 1.29 is 12.8 Å². The van der Waals surface area contributed by atoms with Crippen molar-refractivity contribution in [1.29, 1.82) is 0 Å². The van der Waals surface area contributed by atoms with Crippen molar-refractivity contribution in [1.82, 2.24) is 4.98 Å². The van der Waals surface area contributed by atoms with Gasteiger partial charge in [0.15, 0.2) is 0 Å². The average molecular weight is 335 g/mol. The lowest BCUT2D eigenvalue weighted by Crippen LogP contribution is -2.18. The van der Waals surface area contributed by atoms with Crippen LogP contribution in [0.3, 0.4) is 0 Å². The van der Waals surface area contributed by atoms with E-state index in [1.807, 2.05) is 6.07 Å². The van der Waals surface area contributed by atoms with Crippen molar-refractivity contribution in [3.05, 3.63) is 47.9 Å². The summed E-state index contributed by atoms with van der Waals surface area (Å²) in [6, 6.07) is 7.18. The van der Waals surface area contributed by atoms with Crippen LogP contribution in [-0.2, 0) is 10.0 Å². The zero-order valence-corrected chi connectivity index (χ0v) is 13.6. The van der Waals surface area contributed by atoms with Crippen LogP contribution in [-0.4, -0.2) is 26.5 Å². The molecule has 23 heavy (non-hydrogen) atoms. The molecule has 2 aromatic rings. The van der Waals surface area contributed by atoms with Crippen molar-refractivity contribution in [3.63, 3.8) is 0 Å². The number of hydrogen-bond donors (Lipinski definition) is 1. The number of nitrogens with one attached hydrogen (secondary N) is 1. The Morgan fingerprint density at radius 2 is 1.91 bits per heavy atom. The molecule has 1 aliphatic rings. The normalized spacial score (nSPS) is 15.0. The maximum Gasteiger partial charge on any atom is 0.263 e. The molecule has 1 fully saturated rings. The zero-order chi connectivity index (χ0) is 16.4. The summed E-state index contributed by atoms with van der Waals surface area (Å²) in [4.78, 5) is 6.40. The Bertz CT molecular complexity index is 801. The quantitative estimate of drug-likeness (QED) is 0.933.